The lowest BCUT2D eigenvalue weighted by Gasteiger charge is -2.12. The fourth-order valence-electron chi connectivity index (χ4n) is 2.31. The predicted molar refractivity (Wildman–Crippen MR) is 122 cm³/mol. The number of hydrogen-bond donors (Lipinski definition) is 2. The zero-order valence-corrected chi connectivity index (χ0v) is 20.3. The number of amides is 1. The molecule has 0 saturated carbocycles. The van der Waals surface area contributed by atoms with Gasteiger partial charge in [0.1, 0.15) is 10.7 Å². The first-order valence-corrected chi connectivity index (χ1v) is 12.3. The number of esters is 1. The van der Waals surface area contributed by atoms with E-state index < -0.39 is 39.2 Å². The van der Waals surface area contributed by atoms with E-state index >= 15 is 0 Å². The van der Waals surface area contributed by atoms with Crippen molar-refractivity contribution >= 4 is 83.2 Å². The third kappa shape index (κ3) is 5.95. The minimum absolute atomic E-state index is 0.200. The van der Waals surface area contributed by atoms with E-state index in [1.54, 1.807) is 0 Å². The van der Waals surface area contributed by atoms with E-state index in [1.165, 1.54) is 24.4 Å². The molecule has 3 rings (SSSR count). The number of nitrogens with one attached hydrogen (secondary N) is 2. The molecule has 0 bridgehead atoms. The van der Waals surface area contributed by atoms with Crippen molar-refractivity contribution in [1.29, 1.82) is 0 Å². The molecule has 1 amide bonds. The van der Waals surface area contributed by atoms with Crippen LogP contribution in [0.3, 0.4) is 0 Å². The van der Waals surface area contributed by atoms with Gasteiger partial charge in [0.2, 0.25) is 0 Å². The van der Waals surface area contributed by atoms with Crippen molar-refractivity contribution in [3.63, 3.8) is 0 Å². The first-order valence-electron chi connectivity index (χ1n) is 8.41. The molecule has 1 aromatic heterocycles. The molecule has 1 heterocycles. The molecular weight excluding hydrogens is 572 g/mol. The van der Waals surface area contributed by atoms with Crippen LogP contribution in [-0.2, 0) is 19.6 Å². The summed E-state index contributed by atoms with van der Waals surface area (Å²) in [4.78, 5) is 27.7. The number of thiazole rings is 1. The Labute approximate surface area is 203 Å². The van der Waals surface area contributed by atoms with Crippen LogP contribution >= 0.6 is 50.5 Å². The van der Waals surface area contributed by atoms with Crippen LogP contribution < -0.4 is 10.0 Å². The first-order chi connectivity index (χ1) is 15.1. The van der Waals surface area contributed by atoms with Gasteiger partial charge in [-0.2, -0.15) is 0 Å². The molecule has 0 radical (unpaired) electrons. The van der Waals surface area contributed by atoms with E-state index in [0.29, 0.717) is 3.79 Å². The topological polar surface area (TPSA) is 114 Å². The molecule has 0 atom stereocenters. The van der Waals surface area contributed by atoms with Gasteiger partial charge in [-0.05, 0) is 40.2 Å². The number of nitrogens with zero attached hydrogens (tertiary/aromatic N) is 1. The highest BCUT2D eigenvalue weighted by Gasteiger charge is 2.24. The molecule has 14 heteroatoms. The number of anilines is 2. The lowest BCUT2D eigenvalue weighted by Crippen LogP contribution is -2.21. The fourth-order valence-corrected chi connectivity index (χ4v) is 5.35. The molecule has 8 nitrogen and oxygen atoms in total. The van der Waals surface area contributed by atoms with E-state index in [2.05, 4.69) is 31.0 Å². The average molecular weight is 583 g/mol. The van der Waals surface area contributed by atoms with Crippen molar-refractivity contribution in [2.24, 2.45) is 0 Å². The molecule has 3 aromatic rings. The van der Waals surface area contributed by atoms with Gasteiger partial charge in [-0.15, -0.1) is 0 Å². The smallest absolute Gasteiger partial charge is 0.340 e. The van der Waals surface area contributed by atoms with Crippen molar-refractivity contribution in [3.05, 3.63) is 67.8 Å². The molecule has 0 aliphatic rings. The summed E-state index contributed by atoms with van der Waals surface area (Å²) in [6, 6.07) is 7.02. The maximum absolute atomic E-state index is 13.8. The largest absolute Gasteiger partial charge is 0.452 e. The molecule has 0 fully saturated rings. The van der Waals surface area contributed by atoms with Gasteiger partial charge in [-0.25, -0.2) is 22.6 Å². The molecule has 0 aliphatic carbocycles. The molecular formula is C18H11BrCl2FN3O5S2. The Morgan fingerprint density at radius 3 is 2.56 bits per heavy atom. The summed E-state index contributed by atoms with van der Waals surface area (Å²) < 4.78 is 46.9. The molecule has 0 unspecified atom stereocenters. The molecule has 32 heavy (non-hydrogen) atoms. The average Bonchev–Trinajstić information content (AvgIpc) is 3.12. The number of halogens is 4. The standard InChI is InChI=1S/C18H11BrCl2FN3O5S2/c19-15-7-23-18(31-15)24-16(26)8-30-17(27)9-5-14(11(21)6-10(9)20)32(28,29)25-13-4-2-1-3-12(13)22/h1-7,25H,8H2,(H,23,24,26). The first kappa shape index (κ1) is 24.4. The van der Waals surface area contributed by atoms with Gasteiger partial charge in [0, 0.05) is 0 Å². The summed E-state index contributed by atoms with van der Waals surface area (Å²) in [5.74, 6) is -2.54. The summed E-state index contributed by atoms with van der Waals surface area (Å²) in [5.41, 5.74) is -0.664. The Morgan fingerprint density at radius 1 is 1.19 bits per heavy atom. The monoisotopic (exact) mass is 581 g/mol. The van der Waals surface area contributed by atoms with Gasteiger partial charge >= 0.3 is 5.97 Å². The second-order valence-corrected chi connectivity index (χ2v) is 10.8. The van der Waals surface area contributed by atoms with Crippen molar-refractivity contribution in [1.82, 2.24) is 4.98 Å². The second kappa shape index (κ2) is 10.1. The van der Waals surface area contributed by atoms with Crippen LogP contribution in [0.2, 0.25) is 10.0 Å². The third-order valence-corrected chi connectivity index (χ3v) is 7.24. The maximum Gasteiger partial charge on any atom is 0.340 e. The summed E-state index contributed by atoms with van der Waals surface area (Å²) in [6.07, 6.45) is 1.48. The second-order valence-electron chi connectivity index (χ2n) is 5.94. The normalized spacial score (nSPS) is 11.1. The van der Waals surface area contributed by atoms with Gasteiger partial charge < -0.3 is 4.74 Å². The summed E-state index contributed by atoms with van der Waals surface area (Å²) in [7, 11) is -4.39. The minimum atomic E-state index is -4.39. The van der Waals surface area contributed by atoms with Gasteiger partial charge in [0.25, 0.3) is 15.9 Å². The summed E-state index contributed by atoms with van der Waals surface area (Å²) in [6.45, 7) is -0.676. The number of carbonyl (C=O) groups is 2. The Morgan fingerprint density at radius 2 is 1.91 bits per heavy atom. The number of sulfonamides is 1. The molecule has 2 aromatic carbocycles. The molecule has 168 valence electrons. The van der Waals surface area contributed by atoms with Crippen LogP contribution in [0.4, 0.5) is 15.2 Å². The van der Waals surface area contributed by atoms with E-state index in [4.69, 9.17) is 27.9 Å². The zero-order valence-electron chi connectivity index (χ0n) is 15.6. The lowest BCUT2D eigenvalue weighted by atomic mass is 10.2. The highest BCUT2D eigenvalue weighted by atomic mass is 79.9. The van der Waals surface area contributed by atoms with E-state index in [-0.39, 0.29) is 26.4 Å². The number of ether oxygens (including phenoxy) is 1. The van der Waals surface area contributed by atoms with Crippen molar-refractivity contribution < 1.29 is 27.1 Å². The van der Waals surface area contributed by atoms with Gasteiger partial charge in [0.05, 0.1) is 31.3 Å². The zero-order chi connectivity index (χ0) is 23.5. The van der Waals surface area contributed by atoms with Crippen LogP contribution in [0.5, 0.6) is 0 Å². The maximum atomic E-state index is 13.8. The number of aromatic nitrogens is 1. The Hall–Kier alpha value is -2.25. The summed E-state index contributed by atoms with van der Waals surface area (Å²) in [5, 5.41) is 2.21. The third-order valence-electron chi connectivity index (χ3n) is 3.71. The fraction of sp³-hybridized carbons (Fsp3) is 0.0556. The van der Waals surface area contributed by atoms with Gasteiger partial charge in [0.15, 0.2) is 11.7 Å². The number of hydrogen-bond acceptors (Lipinski definition) is 7. The van der Waals surface area contributed by atoms with Crippen LogP contribution in [0.25, 0.3) is 0 Å². The molecule has 0 saturated heterocycles. The SMILES string of the molecule is O=C(COC(=O)c1cc(S(=O)(=O)Nc2ccccc2F)c(Cl)cc1Cl)Nc1ncc(Br)s1. The van der Waals surface area contributed by atoms with Crippen LogP contribution in [-0.4, -0.2) is 31.9 Å². The lowest BCUT2D eigenvalue weighted by molar-refractivity contribution is -0.119. The quantitative estimate of drug-likeness (QED) is 0.381. The van der Waals surface area contributed by atoms with Gasteiger partial charge in [-0.3, -0.25) is 14.8 Å². The predicted octanol–water partition coefficient (Wildman–Crippen LogP) is 4.95. The Balaban J connectivity index is 1.77. The summed E-state index contributed by atoms with van der Waals surface area (Å²) >= 11 is 16.3. The Bertz CT molecular complexity index is 1300. The van der Waals surface area contributed by atoms with Gasteiger partial charge in [-0.1, -0.05) is 46.7 Å². The number of benzene rings is 2. The van der Waals surface area contributed by atoms with E-state index in [9.17, 15) is 22.4 Å². The minimum Gasteiger partial charge on any atom is -0.452 e. The molecule has 0 spiro atoms. The van der Waals surface area contributed by atoms with Crippen LogP contribution in [0.1, 0.15) is 10.4 Å². The van der Waals surface area contributed by atoms with Crippen molar-refractivity contribution in [2.45, 2.75) is 4.90 Å². The van der Waals surface area contributed by atoms with Crippen molar-refractivity contribution in [2.75, 3.05) is 16.6 Å². The van der Waals surface area contributed by atoms with Crippen molar-refractivity contribution in [3.8, 4) is 0 Å². The van der Waals surface area contributed by atoms with Crippen LogP contribution in [0.15, 0.2) is 51.3 Å². The van der Waals surface area contributed by atoms with Crippen LogP contribution in [0, 0.1) is 5.82 Å². The van der Waals surface area contributed by atoms with E-state index in [1.807, 2.05) is 0 Å². The Kier molecular flexibility index (Phi) is 7.72. The number of carbonyl (C=O) groups excluding carboxylic acids is 2. The number of rotatable bonds is 7. The van der Waals surface area contributed by atoms with E-state index in [0.717, 1.165) is 29.5 Å². The highest BCUT2D eigenvalue weighted by molar-refractivity contribution is 9.11. The highest BCUT2D eigenvalue weighted by Crippen LogP contribution is 2.31. The molecule has 0 aliphatic heterocycles. The number of para-hydroxylation sites is 1. The molecule has 2 N–H and O–H groups in total.